The van der Waals surface area contributed by atoms with Crippen LogP contribution in [0.2, 0.25) is 0 Å². The Hall–Kier alpha value is -1.77. The number of thiophene rings is 1. The lowest BCUT2D eigenvalue weighted by atomic mass is 10.1. The second-order valence-corrected chi connectivity index (χ2v) is 9.07. The van der Waals surface area contributed by atoms with E-state index in [0.717, 1.165) is 78.8 Å². The highest BCUT2D eigenvalue weighted by Gasteiger charge is 2.24. The van der Waals surface area contributed by atoms with Gasteiger partial charge in [-0.15, -0.1) is 11.3 Å². The molecule has 0 radical (unpaired) electrons. The van der Waals surface area contributed by atoms with Crippen molar-refractivity contribution in [2.24, 2.45) is 0 Å². The number of aromatic nitrogens is 2. The minimum absolute atomic E-state index is 0.0170. The van der Waals surface area contributed by atoms with E-state index < -0.39 is 0 Å². The van der Waals surface area contributed by atoms with Gasteiger partial charge in [-0.1, -0.05) is 6.92 Å². The molecule has 1 N–H and O–H groups in total. The molecular weight excluding hydrogens is 384 g/mol. The molecule has 0 atom stereocenters. The lowest BCUT2D eigenvalue weighted by molar-refractivity contribution is 0.0953. The Kier molecular flexibility index (Phi) is 6.62. The van der Waals surface area contributed by atoms with Gasteiger partial charge < -0.3 is 15.1 Å². The number of carbonyl (C=O) groups is 1. The maximum Gasteiger partial charge on any atom is 0.261 e. The van der Waals surface area contributed by atoms with Crippen molar-refractivity contribution in [3.8, 4) is 0 Å². The molecule has 0 saturated carbocycles. The Labute approximate surface area is 177 Å². The average molecular weight is 417 g/mol. The summed E-state index contributed by atoms with van der Waals surface area (Å²) in [6.45, 7) is 13.4. The third-order valence-corrected chi connectivity index (χ3v) is 7.24. The van der Waals surface area contributed by atoms with Crippen LogP contribution in [0.3, 0.4) is 0 Å². The van der Waals surface area contributed by atoms with E-state index in [0.29, 0.717) is 6.54 Å². The van der Waals surface area contributed by atoms with Gasteiger partial charge >= 0.3 is 0 Å². The molecule has 2 fully saturated rings. The molecule has 2 aliphatic heterocycles. The lowest BCUT2D eigenvalue weighted by Crippen LogP contribution is -2.46. The Balaban J connectivity index is 1.47. The molecule has 0 aromatic carbocycles. The van der Waals surface area contributed by atoms with E-state index >= 15 is 0 Å². The van der Waals surface area contributed by atoms with Gasteiger partial charge in [-0.25, -0.2) is 9.97 Å². The first-order valence-electron chi connectivity index (χ1n) is 10.9. The summed E-state index contributed by atoms with van der Waals surface area (Å²) in [6, 6.07) is 0. The summed E-state index contributed by atoms with van der Waals surface area (Å²) < 4.78 is 0. The van der Waals surface area contributed by atoms with Gasteiger partial charge in [0.1, 0.15) is 17.0 Å². The predicted molar refractivity (Wildman–Crippen MR) is 119 cm³/mol. The highest BCUT2D eigenvalue weighted by Crippen LogP contribution is 2.35. The summed E-state index contributed by atoms with van der Waals surface area (Å²) in [7, 11) is 0. The first kappa shape index (κ1) is 20.5. The minimum Gasteiger partial charge on any atom is -0.353 e. The molecule has 2 aromatic heterocycles. The van der Waals surface area contributed by atoms with Crippen molar-refractivity contribution in [3.63, 3.8) is 0 Å². The Morgan fingerprint density at radius 3 is 2.52 bits per heavy atom. The molecule has 1 amide bonds. The molecule has 0 spiro atoms. The fraction of sp³-hybridized carbons (Fsp3) is 0.667. The molecule has 7 nitrogen and oxygen atoms in total. The third-order valence-electron chi connectivity index (χ3n) is 6.04. The number of hydrogen-bond donors (Lipinski definition) is 1. The monoisotopic (exact) mass is 416 g/mol. The summed E-state index contributed by atoms with van der Waals surface area (Å²) in [5.41, 5.74) is 1.01. The van der Waals surface area contributed by atoms with Crippen LogP contribution in [0, 0.1) is 6.92 Å². The highest BCUT2D eigenvalue weighted by molar-refractivity contribution is 7.20. The van der Waals surface area contributed by atoms with Crippen molar-refractivity contribution < 1.29 is 4.79 Å². The average Bonchev–Trinajstić information content (AvgIpc) is 3.37. The van der Waals surface area contributed by atoms with E-state index in [1.54, 1.807) is 6.33 Å². The first-order valence-corrected chi connectivity index (χ1v) is 11.7. The highest BCUT2D eigenvalue weighted by atomic mass is 32.1. The van der Waals surface area contributed by atoms with Crippen LogP contribution in [0.5, 0.6) is 0 Å². The summed E-state index contributed by atoms with van der Waals surface area (Å²) in [5.74, 6) is 0.999. The molecule has 8 heteroatoms. The number of piperazine rings is 1. The molecule has 29 heavy (non-hydrogen) atoms. The smallest absolute Gasteiger partial charge is 0.261 e. The Morgan fingerprint density at radius 2 is 1.79 bits per heavy atom. The van der Waals surface area contributed by atoms with Gasteiger partial charge in [0.15, 0.2) is 0 Å². The Bertz CT molecular complexity index is 839. The molecule has 0 bridgehead atoms. The fourth-order valence-corrected chi connectivity index (χ4v) is 5.48. The normalized spacial score (nSPS) is 18.6. The number of rotatable bonds is 7. The number of anilines is 1. The number of aryl methyl sites for hydroxylation is 1. The topological polar surface area (TPSA) is 64.6 Å². The maximum atomic E-state index is 12.8. The number of carbonyl (C=O) groups excluding carboxylic acids is 1. The quantitative estimate of drug-likeness (QED) is 0.748. The van der Waals surface area contributed by atoms with Crippen molar-refractivity contribution in [3.05, 3.63) is 16.8 Å². The largest absolute Gasteiger partial charge is 0.353 e. The summed E-state index contributed by atoms with van der Waals surface area (Å²) in [4.78, 5) is 30.9. The number of nitrogens with one attached hydrogen (secondary N) is 1. The van der Waals surface area contributed by atoms with E-state index in [9.17, 15) is 4.79 Å². The number of hydrogen-bond acceptors (Lipinski definition) is 7. The molecule has 4 rings (SSSR count). The van der Waals surface area contributed by atoms with Crippen molar-refractivity contribution in [1.82, 2.24) is 25.1 Å². The van der Waals surface area contributed by atoms with Crippen LogP contribution in [0.1, 0.15) is 41.4 Å². The van der Waals surface area contributed by atoms with Crippen molar-refractivity contribution >= 4 is 33.3 Å². The van der Waals surface area contributed by atoms with Crippen molar-refractivity contribution in [2.45, 2.75) is 33.1 Å². The van der Waals surface area contributed by atoms with Gasteiger partial charge in [0.25, 0.3) is 5.91 Å². The minimum atomic E-state index is 0.0170. The van der Waals surface area contributed by atoms with E-state index in [1.807, 2.05) is 6.92 Å². The fourth-order valence-electron chi connectivity index (χ4n) is 4.42. The molecule has 158 valence electrons. The van der Waals surface area contributed by atoms with Crippen LogP contribution in [-0.2, 0) is 0 Å². The van der Waals surface area contributed by atoms with E-state index in [1.165, 1.54) is 30.6 Å². The van der Waals surface area contributed by atoms with Gasteiger partial charge in [-0.05, 0) is 51.4 Å². The number of likely N-dealkylation sites (tertiary alicyclic amines) is 1. The second-order valence-electron chi connectivity index (χ2n) is 8.07. The zero-order valence-corrected chi connectivity index (χ0v) is 18.4. The van der Waals surface area contributed by atoms with Crippen LogP contribution in [0.4, 0.5) is 5.82 Å². The third kappa shape index (κ3) is 4.54. The first-order chi connectivity index (χ1) is 14.2. The number of nitrogens with zero attached hydrogens (tertiary/aromatic N) is 5. The molecule has 0 aliphatic carbocycles. The van der Waals surface area contributed by atoms with E-state index in [2.05, 4.69) is 36.9 Å². The molecule has 4 heterocycles. The van der Waals surface area contributed by atoms with E-state index in [4.69, 9.17) is 0 Å². The van der Waals surface area contributed by atoms with Gasteiger partial charge in [0, 0.05) is 39.3 Å². The van der Waals surface area contributed by atoms with Crippen molar-refractivity contribution in [1.29, 1.82) is 0 Å². The molecular formula is C21H32N6OS. The van der Waals surface area contributed by atoms with Crippen LogP contribution in [0.15, 0.2) is 6.33 Å². The molecule has 2 saturated heterocycles. The zero-order valence-electron chi connectivity index (χ0n) is 17.6. The van der Waals surface area contributed by atoms with E-state index in [-0.39, 0.29) is 5.91 Å². The lowest BCUT2D eigenvalue weighted by Gasteiger charge is -2.35. The SMILES string of the molecule is CCCN1CCN(c2ncnc3sc(C(=O)NCCN4CCCC4)c(C)c23)CC1. The number of fused-ring (bicyclic) bond motifs is 1. The van der Waals surface area contributed by atoms with Crippen molar-refractivity contribution in [2.75, 3.05) is 63.8 Å². The zero-order chi connectivity index (χ0) is 20.2. The molecule has 2 aliphatic rings. The van der Waals surface area contributed by atoms with Crippen LogP contribution in [0.25, 0.3) is 10.2 Å². The standard InChI is InChI=1S/C21H32N6OS/c1-3-7-25-11-13-27(14-12-25)19-17-16(2)18(29-21(17)24-15-23-19)20(28)22-6-10-26-8-4-5-9-26/h15H,3-14H2,1-2H3,(H,22,28). The van der Waals surface area contributed by atoms with Crippen LogP contribution in [-0.4, -0.2) is 84.6 Å². The van der Waals surface area contributed by atoms with Crippen LogP contribution < -0.4 is 10.2 Å². The predicted octanol–water partition coefficient (Wildman–Crippen LogP) is 2.36. The van der Waals surface area contributed by atoms with Crippen LogP contribution >= 0.6 is 11.3 Å². The molecule has 0 unspecified atom stereocenters. The van der Waals surface area contributed by atoms with Gasteiger partial charge in [-0.2, -0.15) is 0 Å². The van der Waals surface area contributed by atoms with Gasteiger partial charge in [-0.3, -0.25) is 9.69 Å². The number of amides is 1. The van der Waals surface area contributed by atoms with Gasteiger partial charge in [0.2, 0.25) is 0 Å². The van der Waals surface area contributed by atoms with Gasteiger partial charge in [0.05, 0.1) is 10.3 Å². The summed E-state index contributed by atoms with van der Waals surface area (Å²) in [6.07, 6.45) is 5.38. The Morgan fingerprint density at radius 1 is 1.07 bits per heavy atom. The second kappa shape index (κ2) is 9.36. The summed E-state index contributed by atoms with van der Waals surface area (Å²) >= 11 is 1.49. The summed E-state index contributed by atoms with van der Waals surface area (Å²) in [5, 5.41) is 4.16. The molecule has 2 aromatic rings. The maximum absolute atomic E-state index is 12.8.